The van der Waals surface area contributed by atoms with Crippen LogP contribution < -0.4 is 5.32 Å². The second-order valence-corrected chi connectivity index (χ2v) is 7.93. The van der Waals surface area contributed by atoms with Crippen molar-refractivity contribution in [2.45, 2.75) is 32.2 Å². The number of nitrogens with one attached hydrogen (secondary N) is 1. The Kier molecular flexibility index (Phi) is 5.22. The Morgan fingerprint density at radius 2 is 2.05 bits per heavy atom. The lowest BCUT2D eigenvalue weighted by Gasteiger charge is -2.38. The predicted molar refractivity (Wildman–Crippen MR) is 77.7 cm³/mol. The molecule has 2 aliphatic rings. The van der Waals surface area contributed by atoms with E-state index in [2.05, 4.69) is 17.1 Å². The van der Waals surface area contributed by atoms with Crippen LogP contribution in [0.3, 0.4) is 0 Å². The summed E-state index contributed by atoms with van der Waals surface area (Å²) in [7, 11) is -3.01. The SMILES string of the molecule is CCC1CN(CC2CCCN(S(C)(=O)=O)C2)CCN1. The van der Waals surface area contributed by atoms with Crippen molar-refractivity contribution in [3.8, 4) is 0 Å². The Hall–Kier alpha value is -0.170. The summed E-state index contributed by atoms with van der Waals surface area (Å²) in [4.78, 5) is 2.50. The first-order valence-electron chi connectivity index (χ1n) is 7.40. The van der Waals surface area contributed by atoms with Gasteiger partial charge in [0.1, 0.15) is 0 Å². The van der Waals surface area contributed by atoms with E-state index in [1.54, 1.807) is 4.31 Å². The van der Waals surface area contributed by atoms with Crippen molar-refractivity contribution >= 4 is 10.0 Å². The number of nitrogens with zero attached hydrogens (tertiary/aromatic N) is 2. The van der Waals surface area contributed by atoms with Gasteiger partial charge in [-0.2, -0.15) is 0 Å². The van der Waals surface area contributed by atoms with Gasteiger partial charge in [0.2, 0.25) is 10.0 Å². The molecule has 0 spiro atoms. The zero-order chi connectivity index (χ0) is 13.9. The monoisotopic (exact) mass is 289 g/mol. The number of hydrogen-bond donors (Lipinski definition) is 1. The summed E-state index contributed by atoms with van der Waals surface area (Å²) in [5.41, 5.74) is 0. The summed E-state index contributed by atoms with van der Waals surface area (Å²) >= 11 is 0. The van der Waals surface area contributed by atoms with E-state index in [1.165, 1.54) is 6.26 Å². The van der Waals surface area contributed by atoms with Gasteiger partial charge in [0.15, 0.2) is 0 Å². The minimum Gasteiger partial charge on any atom is -0.311 e. The highest BCUT2D eigenvalue weighted by atomic mass is 32.2. The van der Waals surface area contributed by atoms with Crippen LogP contribution in [0.15, 0.2) is 0 Å². The minimum absolute atomic E-state index is 0.499. The van der Waals surface area contributed by atoms with Crippen molar-refractivity contribution in [3.63, 3.8) is 0 Å². The van der Waals surface area contributed by atoms with E-state index >= 15 is 0 Å². The third kappa shape index (κ3) is 4.41. The number of piperazine rings is 1. The van der Waals surface area contributed by atoms with E-state index in [-0.39, 0.29) is 0 Å². The molecule has 0 aromatic rings. The Morgan fingerprint density at radius 1 is 1.26 bits per heavy atom. The van der Waals surface area contributed by atoms with Crippen molar-refractivity contribution in [1.82, 2.24) is 14.5 Å². The molecule has 0 aromatic carbocycles. The Morgan fingerprint density at radius 3 is 2.74 bits per heavy atom. The third-order valence-corrected chi connectivity index (χ3v) is 5.57. The van der Waals surface area contributed by atoms with E-state index in [0.717, 1.165) is 45.4 Å². The number of piperidine rings is 1. The van der Waals surface area contributed by atoms with Gasteiger partial charge in [0.05, 0.1) is 6.26 Å². The maximum Gasteiger partial charge on any atom is 0.211 e. The highest BCUT2D eigenvalue weighted by Crippen LogP contribution is 2.20. The molecule has 2 saturated heterocycles. The van der Waals surface area contributed by atoms with Gasteiger partial charge in [-0.05, 0) is 25.2 Å². The van der Waals surface area contributed by atoms with Gasteiger partial charge in [0.25, 0.3) is 0 Å². The Bertz CT molecular complexity index is 385. The van der Waals surface area contributed by atoms with Crippen molar-refractivity contribution in [2.24, 2.45) is 5.92 Å². The van der Waals surface area contributed by atoms with Crippen LogP contribution in [0.2, 0.25) is 0 Å². The molecule has 0 saturated carbocycles. The molecule has 2 atom stereocenters. The molecule has 2 fully saturated rings. The Labute approximate surface area is 117 Å². The largest absolute Gasteiger partial charge is 0.311 e. The van der Waals surface area contributed by atoms with Crippen LogP contribution in [0.5, 0.6) is 0 Å². The smallest absolute Gasteiger partial charge is 0.211 e. The van der Waals surface area contributed by atoms with Crippen molar-refractivity contribution in [2.75, 3.05) is 45.5 Å². The fraction of sp³-hybridized carbons (Fsp3) is 1.00. The van der Waals surface area contributed by atoms with E-state index in [1.807, 2.05) is 0 Å². The van der Waals surface area contributed by atoms with E-state index in [0.29, 0.717) is 25.0 Å². The predicted octanol–water partition coefficient (Wildman–Crippen LogP) is 0.342. The lowest BCUT2D eigenvalue weighted by Crippen LogP contribution is -2.52. The summed E-state index contributed by atoms with van der Waals surface area (Å²) in [5.74, 6) is 0.499. The summed E-state index contributed by atoms with van der Waals surface area (Å²) in [5, 5.41) is 3.52. The molecule has 2 rings (SSSR count). The second-order valence-electron chi connectivity index (χ2n) is 5.95. The molecule has 19 heavy (non-hydrogen) atoms. The average molecular weight is 289 g/mol. The average Bonchev–Trinajstić information content (AvgIpc) is 2.38. The van der Waals surface area contributed by atoms with Crippen molar-refractivity contribution in [3.05, 3.63) is 0 Å². The first kappa shape index (κ1) is 15.2. The summed E-state index contributed by atoms with van der Waals surface area (Å²) in [6, 6.07) is 0.600. The minimum atomic E-state index is -3.01. The van der Waals surface area contributed by atoms with Crippen LogP contribution in [0.1, 0.15) is 26.2 Å². The van der Waals surface area contributed by atoms with Gasteiger partial charge in [-0.3, -0.25) is 0 Å². The lowest BCUT2D eigenvalue weighted by molar-refractivity contribution is 0.143. The van der Waals surface area contributed by atoms with Gasteiger partial charge in [0, 0.05) is 45.3 Å². The van der Waals surface area contributed by atoms with Gasteiger partial charge in [-0.25, -0.2) is 12.7 Å². The van der Waals surface area contributed by atoms with Crippen LogP contribution in [0.25, 0.3) is 0 Å². The van der Waals surface area contributed by atoms with Crippen LogP contribution in [0.4, 0.5) is 0 Å². The molecular weight excluding hydrogens is 262 g/mol. The Balaban J connectivity index is 1.85. The van der Waals surface area contributed by atoms with Crippen molar-refractivity contribution < 1.29 is 8.42 Å². The summed E-state index contributed by atoms with van der Waals surface area (Å²) in [6.45, 7) is 7.92. The molecule has 0 amide bonds. The highest BCUT2D eigenvalue weighted by molar-refractivity contribution is 7.88. The fourth-order valence-corrected chi connectivity index (χ4v) is 4.12. The molecule has 2 heterocycles. The van der Waals surface area contributed by atoms with Crippen molar-refractivity contribution in [1.29, 1.82) is 0 Å². The third-order valence-electron chi connectivity index (χ3n) is 4.30. The van der Waals surface area contributed by atoms with Gasteiger partial charge in [-0.15, -0.1) is 0 Å². The molecule has 112 valence electrons. The summed E-state index contributed by atoms with van der Waals surface area (Å²) in [6.07, 6.45) is 4.65. The molecule has 5 nitrogen and oxygen atoms in total. The molecule has 0 aromatic heterocycles. The van der Waals surface area contributed by atoms with Gasteiger partial charge >= 0.3 is 0 Å². The topological polar surface area (TPSA) is 52.7 Å². The van der Waals surface area contributed by atoms with Gasteiger partial charge in [-0.1, -0.05) is 6.92 Å². The standard InChI is InChI=1S/C13H27N3O2S/c1-3-13-11-15(8-6-14-13)9-12-5-4-7-16(10-12)19(2,17)18/h12-14H,3-11H2,1-2H3. The van der Waals surface area contributed by atoms with E-state index in [4.69, 9.17) is 0 Å². The fourth-order valence-electron chi connectivity index (χ4n) is 3.18. The molecule has 6 heteroatoms. The quantitative estimate of drug-likeness (QED) is 0.811. The molecule has 0 bridgehead atoms. The first-order chi connectivity index (χ1) is 8.99. The van der Waals surface area contributed by atoms with Gasteiger partial charge < -0.3 is 10.2 Å². The number of hydrogen-bond acceptors (Lipinski definition) is 4. The summed E-state index contributed by atoms with van der Waals surface area (Å²) < 4.78 is 24.9. The molecular formula is C13H27N3O2S. The zero-order valence-electron chi connectivity index (χ0n) is 12.1. The van der Waals surface area contributed by atoms with E-state index < -0.39 is 10.0 Å². The number of rotatable bonds is 4. The maximum atomic E-state index is 11.6. The van der Waals surface area contributed by atoms with E-state index in [9.17, 15) is 8.42 Å². The molecule has 2 aliphatic heterocycles. The number of sulfonamides is 1. The van der Waals surface area contributed by atoms with Crippen LogP contribution in [-0.4, -0.2) is 69.2 Å². The highest BCUT2D eigenvalue weighted by Gasteiger charge is 2.28. The maximum absolute atomic E-state index is 11.6. The van der Waals surface area contributed by atoms with Crippen LogP contribution in [-0.2, 0) is 10.0 Å². The lowest BCUT2D eigenvalue weighted by atomic mass is 9.98. The first-order valence-corrected chi connectivity index (χ1v) is 9.24. The molecule has 0 aliphatic carbocycles. The molecule has 0 radical (unpaired) electrons. The molecule has 2 unspecified atom stereocenters. The van der Waals surface area contributed by atoms with Crippen LogP contribution >= 0.6 is 0 Å². The zero-order valence-corrected chi connectivity index (χ0v) is 13.0. The normalized spacial score (nSPS) is 31.5. The second kappa shape index (κ2) is 6.52. The van der Waals surface area contributed by atoms with Crippen LogP contribution in [0, 0.1) is 5.92 Å². The molecule has 1 N–H and O–H groups in total.